The summed E-state index contributed by atoms with van der Waals surface area (Å²) in [5.74, 6) is 0. The van der Waals surface area contributed by atoms with E-state index >= 15 is 0 Å². The quantitative estimate of drug-likeness (QED) is 0.910. The van der Waals surface area contributed by atoms with Crippen LogP contribution >= 0.6 is 15.9 Å². The topological polar surface area (TPSA) is 64.2 Å². The molecule has 6 heteroatoms. The first-order valence-corrected chi connectivity index (χ1v) is 8.13. The number of halogens is 1. The lowest BCUT2D eigenvalue weighted by molar-refractivity contribution is 0.398. The van der Waals surface area contributed by atoms with Gasteiger partial charge in [0.25, 0.3) is 5.56 Å². The van der Waals surface area contributed by atoms with Crippen LogP contribution in [0.25, 0.3) is 0 Å². The maximum absolute atomic E-state index is 12.3. The fourth-order valence-corrected chi connectivity index (χ4v) is 3.47. The number of aromatic nitrogens is 2. The van der Waals surface area contributed by atoms with Crippen LogP contribution in [0.15, 0.2) is 15.5 Å². The van der Waals surface area contributed by atoms with Crippen LogP contribution in [0.4, 0.5) is 5.69 Å². The Hall–Kier alpha value is -0.880. The van der Waals surface area contributed by atoms with Crippen LogP contribution in [0.5, 0.6) is 0 Å². The summed E-state index contributed by atoms with van der Waals surface area (Å²) in [7, 11) is 0. The zero-order valence-electron chi connectivity index (χ0n) is 12.2. The zero-order valence-corrected chi connectivity index (χ0v) is 13.8. The number of nitrogens with zero attached hydrogens (tertiary/aromatic N) is 3. The van der Waals surface area contributed by atoms with E-state index < -0.39 is 0 Å². The van der Waals surface area contributed by atoms with Crippen LogP contribution in [0.3, 0.4) is 0 Å². The second kappa shape index (κ2) is 6.72. The van der Waals surface area contributed by atoms with Crippen molar-refractivity contribution < 1.29 is 0 Å². The molecular weight excluding hydrogens is 320 g/mol. The van der Waals surface area contributed by atoms with Crippen molar-refractivity contribution in [3.63, 3.8) is 0 Å². The molecule has 0 bridgehead atoms. The number of nitrogens with two attached hydrogens (primary N) is 1. The molecule has 1 saturated heterocycles. The lowest BCUT2D eigenvalue weighted by Crippen LogP contribution is -2.49. The smallest absolute Gasteiger partial charge is 0.283 e. The Labute approximate surface area is 128 Å². The third-order valence-electron chi connectivity index (χ3n) is 3.98. The number of hydrogen-bond acceptors (Lipinski definition) is 4. The molecule has 1 aliphatic heterocycles. The highest BCUT2D eigenvalue weighted by molar-refractivity contribution is 9.10. The van der Waals surface area contributed by atoms with Gasteiger partial charge in [-0.1, -0.05) is 6.92 Å². The largest absolute Gasteiger partial charge is 0.362 e. The van der Waals surface area contributed by atoms with Gasteiger partial charge in [0.05, 0.1) is 11.9 Å². The number of rotatable bonds is 4. The average molecular weight is 343 g/mol. The van der Waals surface area contributed by atoms with E-state index in [-0.39, 0.29) is 5.56 Å². The summed E-state index contributed by atoms with van der Waals surface area (Å²) < 4.78 is 2.12. The fraction of sp³-hybridized carbons (Fsp3) is 0.714. The van der Waals surface area contributed by atoms with Gasteiger partial charge in [-0.3, -0.25) is 4.79 Å². The van der Waals surface area contributed by atoms with Crippen molar-refractivity contribution >= 4 is 21.6 Å². The van der Waals surface area contributed by atoms with Crippen molar-refractivity contribution in [3.8, 4) is 0 Å². The molecule has 0 radical (unpaired) electrons. The van der Waals surface area contributed by atoms with E-state index in [1.54, 1.807) is 6.20 Å². The van der Waals surface area contributed by atoms with Gasteiger partial charge in [0, 0.05) is 25.2 Å². The van der Waals surface area contributed by atoms with Gasteiger partial charge in [-0.05, 0) is 48.5 Å². The lowest BCUT2D eigenvalue weighted by Gasteiger charge is -2.42. The van der Waals surface area contributed by atoms with E-state index in [0.717, 1.165) is 24.9 Å². The number of anilines is 1. The van der Waals surface area contributed by atoms with E-state index in [4.69, 9.17) is 5.73 Å². The Bertz CT molecular complexity index is 516. The van der Waals surface area contributed by atoms with Crippen LogP contribution in [-0.2, 0) is 6.54 Å². The second-order valence-corrected chi connectivity index (χ2v) is 6.24. The average Bonchev–Trinajstić information content (AvgIpc) is 2.45. The van der Waals surface area contributed by atoms with Gasteiger partial charge in [0.2, 0.25) is 0 Å². The highest BCUT2D eigenvalue weighted by Gasteiger charge is 2.29. The molecule has 1 fully saturated rings. The van der Waals surface area contributed by atoms with Crippen molar-refractivity contribution in [1.82, 2.24) is 9.78 Å². The summed E-state index contributed by atoms with van der Waals surface area (Å²) in [6.45, 7) is 5.47. The Kier molecular flexibility index (Phi) is 5.21. The van der Waals surface area contributed by atoms with E-state index in [1.807, 2.05) is 6.92 Å². The van der Waals surface area contributed by atoms with Crippen LogP contribution in [0, 0.1) is 0 Å². The minimum atomic E-state index is -0.0575. The van der Waals surface area contributed by atoms with E-state index in [1.165, 1.54) is 11.1 Å². The van der Waals surface area contributed by atoms with Gasteiger partial charge in [0.1, 0.15) is 4.47 Å². The highest BCUT2D eigenvalue weighted by Crippen LogP contribution is 2.31. The van der Waals surface area contributed by atoms with Crippen molar-refractivity contribution in [2.24, 2.45) is 5.73 Å². The molecule has 1 aromatic rings. The molecule has 0 amide bonds. The van der Waals surface area contributed by atoms with Crippen molar-refractivity contribution in [1.29, 1.82) is 0 Å². The summed E-state index contributed by atoms with van der Waals surface area (Å²) >= 11 is 3.46. The van der Waals surface area contributed by atoms with Gasteiger partial charge < -0.3 is 10.6 Å². The molecule has 20 heavy (non-hydrogen) atoms. The molecule has 2 N–H and O–H groups in total. The molecule has 0 saturated carbocycles. The molecule has 0 aromatic carbocycles. The molecule has 0 aliphatic carbocycles. The number of hydrogen-bond donors (Lipinski definition) is 1. The SMILES string of the molecule is CCCn1ncc(N2C(C)CCCC2CN)c(Br)c1=O. The van der Waals surface area contributed by atoms with E-state index in [0.29, 0.717) is 29.6 Å². The molecule has 1 aliphatic rings. The van der Waals surface area contributed by atoms with Crippen molar-refractivity contribution in [3.05, 3.63) is 21.0 Å². The fourth-order valence-electron chi connectivity index (χ4n) is 2.96. The van der Waals surface area contributed by atoms with Gasteiger partial charge in [-0.25, -0.2) is 4.68 Å². The molecule has 2 rings (SSSR count). The predicted octanol–water partition coefficient (Wildman–Crippen LogP) is 2.12. The number of piperidine rings is 1. The van der Waals surface area contributed by atoms with Crippen LogP contribution in [0.1, 0.15) is 39.5 Å². The normalized spacial score (nSPS) is 23.1. The molecule has 2 atom stereocenters. The van der Waals surface area contributed by atoms with Crippen molar-refractivity contribution in [2.75, 3.05) is 11.4 Å². The Morgan fingerprint density at radius 2 is 2.25 bits per heavy atom. The monoisotopic (exact) mass is 342 g/mol. The third-order valence-corrected chi connectivity index (χ3v) is 4.73. The van der Waals surface area contributed by atoms with Crippen molar-refractivity contribution in [2.45, 2.75) is 58.2 Å². The summed E-state index contributed by atoms with van der Waals surface area (Å²) in [5, 5.41) is 4.30. The summed E-state index contributed by atoms with van der Waals surface area (Å²) in [4.78, 5) is 14.6. The van der Waals surface area contributed by atoms with Gasteiger partial charge >= 0.3 is 0 Å². The standard InChI is InChI=1S/C14H23BrN4O/c1-3-7-18-14(20)13(15)12(9-17-18)19-10(2)5-4-6-11(19)8-16/h9-11H,3-8,16H2,1-2H3. The summed E-state index contributed by atoms with van der Waals surface area (Å²) in [5.41, 5.74) is 6.72. The molecule has 0 spiro atoms. The minimum absolute atomic E-state index is 0.0575. The van der Waals surface area contributed by atoms with Gasteiger partial charge in [-0.2, -0.15) is 5.10 Å². The highest BCUT2D eigenvalue weighted by atomic mass is 79.9. The third kappa shape index (κ3) is 2.91. The lowest BCUT2D eigenvalue weighted by atomic mass is 9.96. The maximum atomic E-state index is 12.3. The predicted molar refractivity (Wildman–Crippen MR) is 85.1 cm³/mol. The van der Waals surface area contributed by atoms with Gasteiger partial charge in [-0.15, -0.1) is 0 Å². The first kappa shape index (κ1) is 15.5. The van der Waals surface area contributed by atoms with Gasteiger partial charge in [0.15, 0.2) is 0 Å². The Morgan fingerprint density at radius 1 is 1.50 bits per heavy atom. The maximum Gasteiger partial charge on any atom is 0.283 e. The first-order chi connectivity index (χ1) is 9.60. The van der Waals surface area contributed by atoms with E-state index in [2.05, 4.69) is 32.9 Å². The van der Waals surface area contributed by atoms with Crippen LogP contribution in [-0.4, -0.2) is 28.4 Å². The molecule has 2 heterocycles. The van der Waals surface area contributed by atoms with E-state index in [9.17, 15) is 4.79 Å². The van der Waals surface area contributed by atoms with Crippen LogP contribution < -0.4 is 16.2 Å². The minimum Gasteiger partial charge on any atom is -0.362 e. The zero-order chi connectivity index (χ0) is 14.7. The summed E-state index contributed by atoms with van der Waals surface area (Å²) in [6, 6.07) is 0.676. The number of aryl methyl sites for hydroxylation is 1. The first-order valence-electron chi connectivity index (χ1n) is 7.34. The second-order valence-electron chi connectivity index (χ2n) is 5.45. The molecule has 1 aromatic heterocycles. The van der Waals surface area contributed by atoms with Crippen LogP contribution in [0.2, 0.25) is 0 Å². The molecular formula is C14H23BrN4O. The Balaban J connectivity index is 2.40. The molecule has 112 valence electrons. The summed E-state index contributed by atoms with van der Waals surface area (Å²) in [6.07, 6.45) is 6.08. The molecule has 5 nitrogen and oxygen atoms in total. The molecule has 2 unspecified atom stereocenters. The Morgan fingerprint density at radius 3 is 2.90 bits per heavy atom.